The Labute approximate surface area is 127 Å². The Morgan fingerprint density at radius 1 is 1.24 bits per heavy atom. The first kappa shape index (κ1) is 16.2. The van der Waals surface area contributed by atoms with Crippen molar-refractivity contribution in [3.63, 3.8) is 0 Å². The van der Waals surface area contributed by atoms with Crippen LogP contribution >= 0.6 is 0 Å². The topological polar surface area (TPSA) is 69.9 Å². The molecule has 2 aliphatic heterocycles. The summed E-state index contributed by atoms with van der Waals surface area (Å²) in [5.74, 6) is -0.0975. The number of hydrogen-bond donors (Lipinski definition) is 1. The van der Waals surface area contributed by atoms with Gasteiger partial charge in [-0.2, -0.15) is 0 Å². The van der Waals surface area contributed by atoms with E-state index in [1.54, 1.807) is 0 Å². The van der Waals surface area contributed by atoms with Crippen molar-refractivity contribution in [1.29, 1.82) is 0 Å². The summed E-state index contributed by atoms with van der Waals surface area (Å²) >= 11 is 0. The molecular weight excluding hydrogens is 268 g/mol. The molecule has 0 aliphatic carbocycles. The highest BCUT2D eigenvalue weighted by atomic mass is 16.2. The van der Waals surface area contributed by atoms with Crippen LogP contribution in [0.25, 0.3) is 0 Å². The third-order valence-electron chi connectivity index (χ3n) is 4.68. The van der Waals surface area contributed by atoms with Crippen LogP contribution in [0.5, 0.6) is 0 Å². The lowest BCUT2D eigenvalue weighted by Crippen LogP contribution is -2.56. The molecule has 0 aromatic carbocycles. The van der Waals surface area contributed by atoms with E-state index in [-0.39, 0.29) is 11.8 Å². The van der Waals surface area contributed by atoms with Gasteiger partial charge in [-0.3, -0.25) is 14.5 Å². The van der Waals surface area contributed by atoms with Crippen molar-refractivity contribution in [2.45, 2.75) is 45.2 Å². The third kappa shape index (κ3) is 4.41. The Morgan fingerprint density at radius 3 is 2.43 bits per heavy atom. The Balaban J connectivity index is 1.79. The Bertz CT molecular complexity index is 378. The van der Waals surface area contributed by atoms with Crippen LogP contribution in [0.4, 0.5) is 0 Å². The molecule has 0 aromatic heterocycles. The van der Waals surface area contributed by atoms with Gasteiger partial charge in [-0.1, -0.05) is 0 Å². The molecule has 6 heteroatoms. The molecule has 0 saturated carbocycles. The maximum absolute atomic E-state index is 12.3. The van der Waals surface area contributed by atoms with Gasteiger partial charge in [0.05, 0.1) is 6.54 Å². The molecule has 0 radical (unpaired) electrons. The molecule has 2 heterocycles. The average molecular weight is 296 g/mol. The molecule has 2 saturated heterocycles. The van der Waals surface area contributed by atoms with Gasteiger partial charge in [0, 0.05) is 51.2 Å². The van der Waals surface area contributed by atoms with Gasteiger partial charge in [-0.15, -0.1) is 0 Å². The van der Waals surface area contributed by atoms with Gasteiger partial charge in [0.15, 0.2) is 0 Å². The molecule has 2 aliphatic rings. The SMILES string of the molecule is CC(C)N1CCC(N2CCN(CCC(N)=O)CC2=O)CC1. The van der Waals surface area contributed by atoms with E-state index in [1.807, 2.05) is 4.90 Å². The fourth-order valence-corrected chi connectivity index (χ4v) is 3.29. The van der Waals surface area contributed by atoms with Crippen molar-refractivity contribution in [1.82, 2.24) is 14.7 Å². The van der Waals surface area contributed by atoms with E-state index in [1.165, 1.54) is 0 Å². The molecule has 0 aromatic rings. The predicted molar refractivity (Wildman–Crippen MR) is 81.7 cm³/mol. The first-order chi connectivity index (χ1) is 9.97. The zero-order chi connectivity index (χ0) is 15.4. The van der Waals surface area contributed by atoms with E-state index in [4.69, 9.17) is 5.73 Å². The number of carbonyl (C=O) groups excluding carboxylic acids is 2. The van der Waals surface area contributed by atoms with Crippen molar-refractivity contribution in [2.75, 3.05) is 39.3 Å². The van der Waals surface area contributed by atoms with Gasteiger partial charge in [0.1, 0.15) is 0 Å². The first-order valence-corrected chi connectivity index (χ1v) is 8.01. The summed E-state index contributed by atoms with van der Waals surface area (Å²) in [6.07, 6.45) is 2.48. The summed E-state index contributed by atoms with van der Waals surface area (Å²) in [6.45, 7) is 9.27. The number of rotatable bonds is 5. The Hall–Kier alpha value is -1.14. The summed E-state index contributed by atoms with van der Waals surface area (Å²) in [6, 6.07) is 0.984. The van der Waals surface area contributed by atoms with Crippen molar-refractivity contribution in [3.8, 4) is 0 Å². The fourth-order valence-electron chi connectivity index (χ4n) is 3.29. The number of likely N-dealkylation sites (tertiary alicyclic amines) is 1. The molecule has 6 nitrogen and oxygen atoms in total. The normalized spacial score (nSPS) is 23.0. The molecule has 2 rings (SSSR count). The standard InChI is InChI=1S/C15H28N4O2/c1-12(2)18-7-3-13(4-8-18)19-10-9-17(11-15(19)21)6-5-14(16)20/h12-13H,3-11H2,1-2H3,(H2,16,20). The van der Waals surface area contributed by atoms with Crippen molar-refractivity contribution in [2.24, 2.45) is 5.73 Å². The van der Waals surface area contributed by atoms with Crippen LogP contribution in [0.15, 0.2) is 0 Å². The minimum Gasteiger partial charge on any atom is -0.370 e. The number of primary amides is 1. The maximum atomic E-state index is 12.3. The molecule has 0 bridgehead atoms. The van der Waals surface area contributed by atoms with Gasteiger partial charge >= 0.3 is 0 Å². The number of nitrogens with zero attached hydrogens (tertiary/aromatic N) is 3. The third-order valence-corrected chi connectivity index (χ3v) is 4.68. The lowest BCUT2D eigenvalue weighted by atomic mass is 10.0. The quantitative estimate of drug-likeness (QED) is 0.768. The highest BCUT2D eigenvalue weighted by Gasteiger charge is 2.32. The van der Waals surface area contributed by atoms with Gasteiger partial charge in [-0.25, -0.2) is 0 Å². The van der Waals surface area contributed by atoms with Gasteiger partial charge < -0.3 is 15.5 Å². The van der Waals surface area contributed by atoms with E-state index < -0.39 is 0 Å². The van der Waals surface area contributed by atoms with Gasteiger partial charge in [0.2, 0.25) is 11.8 Å². The highest BCUT2D eigenvalue weighted by molar-refractivity contribution is 5.79. The van der Waals surface area contributed by atoms with E-state index in [0.29, 0.717) is 31.6 Å². The van der Waals surface area contributed by atoms with Gasteiger partial charge in [0.25, 0.3) is 0 Å². The minimum absolute atomic E-state index is 0.203. The highest BCUT2D eigenvalue weighted by Crippen LogP contribution is 2.20. The lowest BCUT2D eigenvalue weighted by molar-refractivity contribution is -0.140. The second-order valence-corrected chi connectivity index (χ2v) is 6.44. The molecular formula is C15H28N4O2. The van der Waals surface area contributed by atoms with Crippen molar-refractivity contribution >= 4 is 11.8 Å². The summed E-state index contributed by atoms with van der Waals surface area (Å²) in [7, 11) is 0. The first-order valence-electron chi connectivity index (χ1n) is 8.01. The molecule has 2 N–H and O–H groups in total. The van der Waals surface area contributed by atoms with Crippen LogP contribution in [-0.4, -0.2) is 77.9 Å². The number of nitrogens with two attached hydrogens (primary N) is 1. The van der Waals surface area contributed by atoms with Crippen LogP contribution in [0.2, 0.25) is 0 Å². The molecule has 2 fully saturated rings. The Morgan fingerprint density at radius 2 is 1.90 bits per heavy atom. The number of carbonyl (C=O) groups is 2. The van der Waals surface area contributed by atoms with Gasteiger partial charge in [-0.05, 0) is 26.7 Å². The monoisotopic (exact) mass is 296 g/mol. The fraction of sp³-hybridized carbons (Fsp3) is 0.867. The van der Waals surface area contributed by atoms with Crippen LogP contribution < -0.4 is 5.73 Å². The summed E-state index contributed by atoms with van der Waals surface area (Å²) in [5, 5.41) is 0. The maximum Gasteiger partial charge on any atom is 0.237 e. The molecule has 2 amide bonds. The van der Waals surface area contributed by atoms with Crippen molar-refractivity contribution in [3.05, 3.63) is 0 Å². The van der Waals surface area contributed by atoms with E-state index >= 15 is 0 Å². The van der Waals surface area contributed by atoms with E-state index in [9.17, 15) is 9.59 Å². The molecule has 21 heavy (non-hydrogen) atoms. The minimum atomic E-state index is -0.300. The Kier molecular flexibility index (Phi) is 5.58. The van der Waals surface area contributed by atoms with E-state index in [2.05, 4.69) is 23.6 Å². The second kappa shape index (κ2) is 7.22. The predicted octanol–water partition coefficient (Wildman–Crippen LogP) is -0.121. The smallest absolute Gasteiger partial charge is 0.237 e. The van der Waals surface area contributed by atoms with Crippen LogP contribution in [0, 0.1) is 0 Å². The van der Waals surface area contributed by atoms with Crippen LogP contribution in [-0.2, 0) is 9.59 Å². The molecule has 0 atom stereocenters. The number of piperidine rings is 1. The molecule has 120 valence electrons. The second-order valence-electron chi connectivity index (χ2n) is 6.44. The van der Waals surface area contributed by atoms with Crippen LogP contribution in [0.1, 0.15) is 33.1 Å². The van der Waals surface area contributed by atoms with Crippen LogP contribution in [0.3, 0.4) is 0 Å². The van der Waals surface area contributed by atoms with E-state index in [0.717, 1.165) is 39.0 Å². The zero-order valence-corrected chi connectivity index (χ0v) is 13.3. The number of amides is 2. The summed E-state index contributed by atoms with van der Waals surface area (Å²) < 4.78 is 0. The molecule has 0 unspecified atom stereocenters. The number of piperazine rings is 1. The number of hydrogen-bond acceptors (Lipinski definition) is 4. The average Bonchev–Trinajstić information content (AvgIpc) is 2.45. The lowest BCUT2D eigenvalue weighted by Gasteiger charge is -2.43. The zero-order valence-electron chi connectivity index (χ0n) is 13.3. The van der Waals surface area contributed by atoms with Crippen molar-refractivity contribution < 1.29 is 9.59 Å². The summed E-state index contributed by atoms with van der Waals surface area (Å²) in [5.41, 5.74) is 5.16. The largest absolute Gasteiger partial charge is 0.370 e. The summed E-state index contributed by atoms with van der Waals surface area (Å²) in [4.78, 5) is 29.7. The molecule has 0 spiro atoms.